The van der Waals surface area contributed by atoms with Gasteiger partial charge in [0.15, 0.2) is 0 Å². The number of nitrogens with zero attached hydrogens (tertiary/aromatic N) is 5. The van der Waals surface area contributed by atoms with Crippen molar-refractivity contribution in [3.8, 4) is 5.95 Å². The normalized spacial score (nSPS) is 12.4. The molecule has 4 N–H and O–H groups in total. The lowest BCUT2D eigenvalue weighted by Crippen LogP contribution is -2.51. The van der Waals surface area contributed by atoms with Crippen molar-refractivity contribution in [2.45, 2.75) is 38.8 Å². The third kappa shape index (κ3) is 2.85. The Labute approximate surface area is 117 Å². The molecule has 0 aromatic carbocycles. The number of aliphatic hydroxyl groups is 1. The highest BCUT2D eigenvalue weighted by atomic mass is 16.3. The molecule has 2 aromatic heterocycles. The molecule has 108 valence electrons. The van der Waals surface area contributed by atoms with Crippen LogP contribution in [0.4, 0.5) is 11.9 Å². The summed E-state index contributed by atoms with van der Waals surface area (Å²) in [6.07, 6.45) is 3.33. The van der Waals surface area contributed by atoms with Crippen molar-refractivity contribution in [1.82, 2.24) is 24.7 Å². The summed E-state index contributed by atoms with van der Waals surface area (Å²) < 4.78 is 1.49. The molecule has 0 aliphatic rings. The first-order valence-corrected chi connectivity index (χ1v) is 6.21. The average molecular weight is 277 g/mol. The van der Waals surface area contributed by atoms with Crippen LogP contribution >= 0.6 is 0 Å². The van der Waals surface area contributed by atoms with Gasteiger partial charge in [0.05, 0.1) is 11.1 Å². The maximum Gasteiger partial charge on any atom is 0.257 e. The molecule has 0 fully saturated rings. The fourth-order valence-corrected chi connectivity index (χ4v) is 1.36. The van der Waals surface area contributed by atoms with Gasteiger partial charge < -0.3 is 16.2 Å². The fraction of sp³-hybridized carbons (Fsp3) is 0.500. The molecule has 8 heteroatoms. The molecule has 0 aliphatic carbocycles. The minimum Gasteiger partial charge on any atom is -0.388 e. The second-order valence-electron chi connectivity index (χ2n) is 5.58. The van der Waals surface area contributed by atoms with E-state index in [1.165, 1.54) is 4.68 Å². The van der Waals surface area contributed by atoms with E-state index in [0.29, 0.717) is 5.95 Å². The zero-order valence-corrected chi connectivity index (χ0v) is 12.0. The molecule has 0 aliphatic heterocycles. The Kier molecular flexibility index (Phi) is 3.34. The van der Waals surface area contributed by atoms with Gasteiger partial charge in [-0.2, -0.15) is 20.1 Å². The van der Waals surface area contributed by atoms with E-state index in [9.17, 15) is 5.11 Å². The lowest BCUT2D eigenvalue weighted by molar-refractivity contribution is 0.0237. The van der Waals surface area contributed by atoms with Crippen molar-refractivity contribution in [2.75, 3.05) is 11.1 Å². The van der Waals surface area contributed by atoms with Crippen molar-refractivity contribution in [3.05, 3.63) is 18.5 Å². The van der Waals surface area contributed by atoms with Gasteiger partial charge in [-0.3, -0.25) is 0 Å². The smallest absolute Gasteiger partial charge is 0.257 e. The first-order valence-electron chi connectivity index (χ1n) is 6.21. The lowest BCUT2D eigenvalue weighted by atomic mass is 9.86. The van der Waals surface area contributed by atoms with Crippen molar-refractivity contribution < 1.29 is 5.11 Å². The van der Waals surface area contributed by atoms with E-state index in [2.05, 4.69) is 25.4 Å². The molecule has 0 unspecified atom stereocenters. The molecule has 0 saturated heterocycles. The molecule has 0 atom stereocenters. The van der Waals surface area contributed by atoms with E-state index in [4.69, 9.17) is 5.73 Å². The van der Waals surface area contributed by atoms with Crippen LogP contribution in [-0.4, -0.2) is 41.0 Å². The van der Waals surface area contributed by atoms with Gasteiger partial charge >= 0.3 is 0 Å². The molecule has 0 saturated carbocycles. The highest BCUT2D eigenvalue weighted by molar-refractivity contribution is 5.37. The average Bonchev–Trinajstić information content (AvgIpc) is 2.78. The number of hydrogen-bond acceptors (Lipinski definition) is 7. The van der Waals surface area contributed by atoms with Gasteiger partial charge in [-0.25, -0.2) is 4.68 Å². The number of anilines is 2. The van der Waals surface area contributed by atoms with Crippen molar-refractivity contribution in [1.29, 1.82) is 0 Å². The van der Waals surface area contributed by atoms with Crippen LogP contribution in [0.1, 0.15) is 27.7 Å². The van der Waals surface area contributed by atoms with E-state index < -0.39 is 11.1 Å². The summed E-state index contributed by atoms with van der Waals surface area (Å²) in [5, 5.41) is 17.3. The van der Waals surface area contributed by atoms with Crippen molar-refractivity contribution >= 4 is 11.9 Å². The maximum atomic E-state index is 10.1. The number of rotatable bonds is 4. The molecular weight excluding hydrogens is 258 g/mol. The summed E-state index contributed by atoms with van der Waals surface area (Å²) in [6.45, 7) is 7.11. The summed E-state index contributed by atoms with van der Waals surface area (Å²) in [5.74, 6) is 0.686. The Bertz CT molecular complexity index is 586. The van der Waals surface area contributed by atoms with Crippen LogP contribution in [0.3, 0.4) is 0 Å². The van der Waals surface area contributed by atoms with Gasteiger partial charge in [-0.1, -0.05) is 0 Å². The molecule has 2 rings (SSSR count). The third-order valence-electron chi connectivity index (χ3n) is 3.30. The number of hydrogen-bond donors (Lipinski definition) is 3. The zero-order valence-electron chi connectivity index (χ0n) is 12.0. The Balaban J connectivity index is 2.34. The van der Waals surface area contributed by atoms with Gasteiger partial charge in [0.2, 0.25) is 11.9 Å². The number of nitrogens with two attached hydrogens (primary N) is 1. The van der Waals surface area contributed by atoms with Crippen molar-refractivity contribution in [3.63, 3.8) is 0 Å². The fourth-order valence-electron chi connectivity index (χ4n) is 1.36. The van der Waals surface area contributed by atoms with Crippen LogP contribution in [-0.2, 0) is 0 Å². The van der Waals surface area contributed by atoms with Gasteiger partial charge in [0.1, 0.15) is 0 Å². The van der Waals surface area contributed by atoms with Crippen molar-refractivity contribution in [2.24, 2.45) is 0 Å². The highest BCUT2D eigenvalue weighted by Crippen LogP contribution is 2.24. The Morgan fingerprint density at radius 2 is 1.90 bits per heavy atom. The highest BCUT2D eigenvalue weighted by Gasteiger charge is 2.35. The number of aromatic nitrogens is 5. The monoisotopic (exact) mass is 277 g/mol. The standard InChI is InChI=1S/C12H19N7O/c1-11(2,12(3,4)20)18-9-15-8(13)16-10(17-9)19-7-5-6-14-19/h5-7,20H,1-4H3,(H3,13,15,16,17,18). The second-order valence-corrected chi connectivity index (χ2v) is 5.58. The summed E-state index contributed by atoms with van der Waals surface area (Å²) in [6, 6.07) is 1.76. The predicted molar refractivity (Wildman–Crippen MR) is 75.4 cm³/mol. The van der Waals surface area contributed by atoms with Crippen LogP contribution in [0.5, 0.6) is 0 Å². The lowest BCUT2D eigenvalue weighted by Gasteiger charge is -2.37. The van der Waals surface area contributed by atoms with E-state index in [1.807, 2.05) is 13.8 Å². The van der Waals surface area contributed by atoms with Crippen LogP contribution < -0.4 is 11.1 Å². The van der Waals surface area contributed by atoms with Gasteiger partial charge in [-0.05, 0) is 33.8 Å². The molecule has 2 heterocycles. The van der Waals surface area contributed by atoms with Gasteiger partial charge in [0.25, 0.3) is 5.95 Å². The first kappa shape index (κ1) is 14.2. The quantitative estimate of drug-likeness (QED) is 0.749. The van der Waals surface area contributed by atoms with Crippen LogP contribution in [0.25, 0.3) is 5.95 Å². The molecule has 2 aromatic rings. The topological polar surface area (TPSA) is 115 Å². The second kappa shape index (κ2) is 4.71. The molecular formula is C12H19N7O. The zero-order chi connectivity index (χ0) is 15.0. The summed E-state index contributed by atoms with van der Waals surface area (Å²) in [5.41, 5.74) is 4.06. The summed E-state index contributed by atoms with van der Waals surface area (Å²) in [4.78, 5) is 12.3. The first-order chi connectivity index (χ1) is 9.19. The minimum atomic E-state index is -0.972. The maximum absolute atomic E-state index is 10.1. The largest absolute Gasteiger partial charge is 0.388 e. The SMILES string of the molecule is CC(C)(O)C(C)(C)Nc1nc(N)nc(-n2cccn2)n1. The molecule has 0 radical (unpaired) electrons. The molecule has 0 amide bonds. The number of nitrogen functional groups attached to an aromatic ring is 1. The summed E-state index contributed by atoms with van der Waals surface area (Å²) in [7, 11) is 0. The third-order valence-corrected chi connectivity index (χ3v) is 3.30. The Morgan fingerprint density at radius 3 is 2.45 bits per heavy atom. The predicted octanol–water partition coefficient (Wildman–Crippen LogP) is 0.601. The van der Waals surface area contributed by atoms with E-state index in [-0.39, 0.29) is 11.9 Å². The Morgan fingerprint density at radius 1 is 1.20 bits per heavy atom. The van der Waals surface area contributed by atoms with Crippen LogP contribution in [0.2, 0.25) is 0 Å². The molecule has 0 bridgehead atoms. The molecule has 0 spiro atoms. The van der Waals surface area contributed by atoms with E-state index in [1.54, 1.807) is 32.3 Å². The van der Waals surface area contributed by atoms with E-state index in [0.717, 1.165) is 0 Å². The molecule has 20 heavy (non-hydrogen) atoms. The van der Waals surface area contributed by atoms with E-state index >= 15 is 0 Å². The van der Waals surface area contributed by atoms with Crippen LogP contribution in [0, 0.1) is 0 Å². The Hall–Kier alpha value is -2.22. The van der Waals surface area contributed by atoms with Crippen LogP contribution in [0.15, 0.2) is 18.5 Å². The molecule has 8 nitrogen and oxygen atoms in total. The minimum absolute atomic E-state index is 0.0829. The number of nitrogens with one attached hydrogen (secondary N) is 1. The van der Waals surface area contributed by atoms with Gasteiger partial charge in [-0.15, -0.1) is 0 Å². The van der Waals surface area contributed by atoms with Gasteiger partial charge in [0, 0.05) is 12.4 Å². The summed E-state index contributed by atoms with van der Waals surface area (Å²) >= 11 is 0.